The van der Waals surface area contributed by atoms with Crippen LogP contribution in [0.1, 0.15) is 25.5 Å². The molecule has 3 rings (SSSR count). The maximum absolute atomic E-state index is 11.9. The van der Waals surface area contributed by atoms with E-state index in [4.69, 9.17) is 0 Å². The third kappa shape index (κ3) is 3.24. The van der Waals surface area contributed by atoms with Crippen molar-refractivity contribution in [2.24, 2.45) is 0 Å². The van der Waals surface area contributed by atoms with Gasteiger partial charge in [-0.05, 0) is 18.6 Å². The molecule has 0 aromatic carbocycles. The molecule has 3 heterocycles. The highest BCUT2D eigenvalue weighted by molar-refractivity contribution is 5.76. The Bertz CT molecular complexity index is 581. The molecular weight excluding hydrogens is 264 g/mol. The van der Waals surface area contributed by atoms with Gasteiger partial charge in [-0.15, -0.1) is 0 Å². The third-order valence-electron chi connectivity index (χ3n) is 3.99. The smallest absolute Gasteiger partial charge is 0.222 e. The quantitative estimate of drug-likeness (QED) is 0.860. The average Bonchev–Trinajstić information content (AvgIpc) is 2.90. The van der Waals surface area contributed by atoms with Crippen molar-refractivity contribution < 1.29 is 4.79 Å². The first kappa shape index (κ1) is 14.1. The fourth-order valence-electron chi connectivity index (χ4n) is 2.82. The maximum atomic E-state index is 11.9. The average molecular weight is 286 g/mol. The number of nitrogens with zero attached hydrogens (tertiary/aromatic N) is 4. The van der Waals surface area contributed by atoms with E-state index in [1.165, 1.54) is 0 Å². The third-order valence-corrected chi connectivity index (χ3v) is 3.99. The molecule has 21 heavy (non-hydrogen) atoms. The second-order valence-electron chi connectivity index (χ2n) is 5.61. The number of amides is 1. The van der Waals surface area contributed by atoms with Crippen molar-refractivity contribution in [3.63, 3.8) is 0 Å². The molecule has 112 valence electrons. The monoisotopic (exact) mass is 286 g/mol. The van der Waals surface area contributed by atoms with Gasteiger partial charge in [-0.25, -0.2) is 4.98 Å². The number of rotatable bonds is 4. The first-order valence-corrected chi connectivity index (χ1v) is 7.69. The summed E-state index contributed by atoms with van der Waals surface area (Å²) in [6.45, 7) is 6.46. The van der Waals surface area contributed by atoms with Gasteiger partial charge in [0.25, 0.3) is 0 Å². The molecular formula is C16H22N4O. The number of aromatic nitrogens is 2. The lowest BCUT2D eigenvalue weighted by Gasteiger charge is -2.34. The van der Waals surface area contributed by atoms with Crippen molar-refractivity contribution in [2.75, 3.05) is 26.2 Å². The number of pyridine rings is 1. The van der Waals surface area contributed by atoms with Crippen LogP contribution in [0.3, 0.4) is 0 Å². The Hall–Kier alpha value is -1.88. The molecule has 0 aliphatic carbocycles. The Morgan fingerprint density at radius 3 is 2.76 bits per heavy atom. The normalized spacial score (nSPS) is 16.5. The van der Waals surface area contributed by atoms with Crippen LogP contribution in [0.5, 0.6) is 0 Å². The summed E-state index contributed by atoms with van der Waals surface area (Å²) in [6, 6.07) is 6.03. The van der Waals surface area contributed by atoms with Crippen LogP contribution in [-0.4, -0.2) is 51.3 Å². The summed E-state index contributed by atoms with van der Waals surface area (Å²) in [6.07, 6.45) is 5.71. The highest BCUT2D eigenvalue weighted by Gasteiger charge is 2.20. The highest BCUT2D eigenvalue weighted by Crippen LogP contribution is 2.11. The Kier molecular flexibility index (Phi) is 4.20. The number of carbonyl (C=O) groups excluding carboxylic acids is 1. The predicted octanol–water partition coefficient (Wildman–Crippen LogP) is 1.78. The molecule has 0 atom stereocenters. The molecule has 1 fully saturated rings. The fourth-order valence-corrected chi connectivity index (χ4v) is 2.82. The van der Waals surface area contributed by atoms with Gasteiger partial charge >= 0.3 is 0 Å². The van der Waals surface area contributed by atoms with E-state index in [2.05, 4.69) is 27.4 Å². The van der Waals surface area contributed by atoms with Crippen molar-refractivity contribution in [1.82, 2.24) is 19.2 Å². The van der Waals surface area contributed by atoms with Crippen molar-refractivity contribution in [3.8, 4) is 0 Å². The molecule has 1 amide bonds. The Balaban J connectivity index is 1.56. The molecule has 5 heteroatoms. The van der Waals surface area contributed by atoms with Crippen LogP contribution in [0.2, 0.25) is 0 Å². The van der Waals surface area contributed by atoms with Crippen LogP contribution in [0.4, 0.5) is 0 Å². The van der Waals surface area contributed by atoms with Crippen LogP contribution < -0.4 is 0 Å². The molecule has 0 saturated carbocycles. The molecule has 0 radical (unpaired) electrons. The molecule has 0 bridgehead atoms. The Labute approximate surface area is 125 Å². The number of fused-ring (bicyclic) bond motifs is 1. The molecule has 1 aliphatic heterocycles. The van der Waals surface area contributed by atoms with Crippen LogP contribution in [0.25, 0.3) is 5.65 Å². The minimum absolute atomic E-state index is 0.296. The summed E-state index contributed by atoms with van der Waals surface area (Å²) >= 11 is 0. The minimum atomic E-state index is 0.296. The van der Waals surface area contributed by atoms with Gasteiger partial charge in [-0.1, -0.05) is 13.0 Å². The highest BCUT2D eigenvalue weighted by atomic mass is 16.2. The van der Waals surface area contributed by atoms with Crippen molar-refractivity contribution >= 4 is 11.6 Å². The van der Waals surface area contributed by atoms with Crippen molar-refractivity contribution in [1.29, 1.82) is 0 Å². The van der Waals surface area contributed by atoms with Gasteiger partial charge in [0.05, 0.1) is 5.69 Å². The van der Waals surface area contributed by atoms with E-state index in [-0.39, 0.29) is 0 Å². The summed E-state index contributed by atoms with van der Waals surface area (Å²) in [4.78, 5) is 20.9. The zero-order chi connectivity index (χ0) is 14.7. The van der Waals surface area contributed by atoms with Gasteiger partial charge < -0.3 is 9.30 Å². The molecule has 1 aliphatic rings. The van der Waals surface area contributed by atoms with E-state index in [1.54, 1.807) is 0 Å². The molecule has 2 aromatic heterocycles. The number of carbonyl (C=O) groups is 1. The second-order valence-corrected chi connectivity index (χ2v) is 5.61. The van der Waals surface area contributed by atoms with Crippen LogP contribution in [-0.2, 0) is 11.3 Å². The van der Waals surface area contributed by atoms with E-state index in [9.17, 15) is 4.79 Å². The summed E-state index contributed by atoms with van der Waals surface area (Å²) in [5.41, 5.74) is 2.08. The standard InChI is InChI=1S/C16H22N4O/c1-2-5-16(21)19-10-8-18(9-11-19)12-14-13-20-7-4-3-6-15(20)17-14/h3-4,6-7,13H,2,5,8-12H2,1H3. The van der Waals surface area contributed by atoms with E-state index in [0.29, 0.717) is 12.3 Å². The number of hydrogen-bond donors (Lipinski definition) is 0. The molecule has 0 N–H and O–H groups in total. The van der Waals surface area contributed by atoms with Gasteiger partial charge in [0, 0.05) is 51.5 Å². The zero-order valence-electron chi connectivity index (χ0n) is 12.5. The van der Waals surface area contributed by atoms with Gasteiger partial charge in [0.1, 0.15) is 5.65 Å². The molecule has 1 saturated heterocycles. The van der Waals surface area contributed by atoms with Crippen LogP contribution in [0, 0.1) is 0 Å². The summed E-state index contributed by atoms with van der Waals surface area (Å²) in [5, 5.41) is 0. The van der Waals surface area contributed by atoms with E-state index < -0.39 is 0 Å². The minimum Gasteiger partial charge on any atom is -0.340 e. The summed E-state index contributed by atoms with van der Waals surface area (Å²) < 4.78 is 2.05. The lowest BCUT2D eigenvalue weighted by atomic mass is 10.2. The first-order valence-electron chi connectivity index (χ1n) is 7.69. The fraction of sp³-hybridized carbons (Fsp3) is 0.500. The number of piperazine rings is 1. The topological polar surface area (TPSA) is 40.9 Å². The van der Waals surface area contributed by atoms with Gasteiger partial charge in [0.15, 0.2) is 0 Å². The predicted molar refractivity (Wildman–Crippen MR) is 82.0 cm³/mol. The van der Waals surface area contributed by atoms with E-state index >= 15 is 0 Å². The largest absolute Gasteiger partial charge is 0.340 e. The summed E-state index contributed by atoms with van der Waals surface area (Å²) in [5.74, 6) is 0.296. The SMILES string of the molecule is CCCC(=O)N1CCN(Cc2cn3ccccc3n2)CC1. The molecule has 0 unspecified atom stereocenters. The van der Waals surface area contributed by atoms with E-state index in [0.717, 1.165) is 50.5 Å². The Morgan fingerprint density at radius 2 is 2.05 bits per heavy atom. The van der Waals surface area contributed by atoms with Gasteiger partial charge in [-0.3, -0.25) is 9.69 Å². The molecule has 0 spiro atoms. The van der Waals surface area contributed by atoms with Crippen molar-refractivity contribution in [2.45, 2.75) is 26.3 Å². The van der Waals surface area contributed by atoms with Crippen LogP contribution >= 0.6 is 0 Å². The molecule has 5 nitrogen and oxygen atoms in total. The summed E-state index contributed by atoms with van der Waals surface area (Å²) in [7, 11) is 0. The van der Waals surface area contributed by atoms with Gasteiger partial charge in [-0.2, -0.15) is 0 Å². The van der Waals surface area contributed by atoms with Crippen LogP contribution in [0.15, 0.2) is 30.6 Å². The van der Waals surface area contributed by atoms with E-state index in [1.807, 2.05) is 29.3 Å². The maximum Gasteiger partial charge on any atom is 0.222 e. The Morgan fingerprint density at radius 1 is 1.24 bits per heavy atom. The number of hydrogen-bond acceptors (Lipinski definition) is 3. The lowest BCUT2D eigenvalue weighted by Crippen LogP contribution is -2.48. The van der Waals surface area contributed by atoms with Gasteiger partial charge in [0.2, 0.25) is 5.91 Å². The zero-order valence-corrected chi connectivity index (χ0v) is 12.5. The molecule has 2 aromatic rings. The second kappa shape index (κ2) is 6.26. The number of imidazole rings is 1. The first-order chi connectivity index (χ1) is 10.3. The van der Waals surface area contributed by atoms with Crippen molar-refractivity contribution in [3.05, 3.63) is 36.3 Å². The lowest BCUT2D eigenvalue weighted by molar-refractivity contribution is -0.133.